The van der Waals surface area contributed by atoms with Crippen LogP contribution < -0.4 is 15.8 Å². The van der Waals surface area contributed by atoms with Crippen molar-refractivity contribution >= 4 is 17.3 Å². The topological polar surface area (TPSA) is 77.2 Å². The normalized spacial score (nSPS) is 10.0. The van der Waals surface area contributed by atoms with Crippen molar-refractivity contribution in [1.29, 1.82) is 0 Å². The Hall–Kier alpha value is -2.56. The van der Waals surface area contributed by atoms with Crippen LogP contribution in [-0.2, 0) is 0 Å². The van der Waals surface area contributed by atoms with Gasteiger partial charge < -0.3 is 15.8 Å². The molecule has 1 aromatic carbocycles. The van der Waals surface area contributed by atoms with E-state index in [9.17, 15) is 4.79 Å². The van der Waals surface area contributed by atoms with E-state index in [0.29, 0.717) is 22.7 Å². The number of aryl methyl sites for hydroxylation is 1. The Kier molecular flexibility index (Phi) is 3.66. The minimum absolute atomic E-state index is 0.257. The van der Waals surface area contributed by atoms with Crippen LogP contribution >= 0.6 is 0 Å². The van der Waals surface area contributed by atoms with Gasteiger partial charge in [0.05, 0.1) is 24.6 Å². The average molecular weight is 257 g/mol. The lowest BCUT2D eigenvalue weighted by molar-refractivity contribution is 0.102. The summed E-state index contributed by atoms with van der Waals surface area (Å²) in [6.07, 6.45) is 3.28. The summed E-state index contributed by atoms with van der Waals surface area (Å²) in [7, 11) is 1.50. The minimum atomic E-state index is -0.257. The van der Waals surface area contributed by atoms with E-state index in [1.165, 1.54) is 7.11 Å². The van der Waals surface area contributed by atoms with Gasteiger partial charge in [0.1, 0.15) is 5.75 Å². The summed E-state index contributed by atoms with van der Waals surface area (Å²) in [5.41, 5.74) is 8.25. The standard InChI is InChI=1S/C14H15N3O2/c1-9-5-6-16-8-12(9)17-14(18)11-4-3-10(15)7-13(11)19-2/h3-8H,15H2,1-2H3,(H,17,18). The molecule has 3 N–H and O–H groups in total. The largest absolute Gasteiger partial charge is 0.496 e. The average Bonchev–Trinajstić information content (AvgIpc) is 2.41. The summed E-state index contributed by atoms with van der Waals surface area (Å²) in [5.74, 6) is 0.187. The number of nitrogens with two attached hydrogens (primary N) is 1. The molecule has 5 nitrogen and oxygen atoms in total. The lowest BCUT2D eigenvalue weighted by Gasteiger charge is -2.11. The number of methoxy groups -OCH3 is 1. The Balaban J connectivity index is 2.28. The maximum atomic E-state index is 12.2. The Morgan fingerprint density at radius 2 is 2.16 bits per heavy atom. The van der Waals surface area contributed by atoms with Crippen molar-refractivity contribution in [2.75, 3.05) is 18.2 Å². The van der Waals surface area contributed by atoms with Crippen LogP contribution in [0.1, 0.15) is 15.9 Å². The van der Waals surface area contributed by atoms with Crippen molar-refractivity contribution in [3.8, 4) is 5.75 Å². The predicted octanol–water partition coefficient (Wildman–Crippen LogP) is 2.23. The quantitative estimate of drug-likeness (QED) is 0.827. The van der Waals surface area contributed by atoms with E-state index in [4.69, 9.17) is 10.5 Å². The molecule has 98 valence electrons. The molecule has 0 saturated carbocycles. The van der Waals surface area contributed by atoms with E-state index in [0.717, 1.165) is 5.56 Å². The zero-order chi connectivity index (χ0) is 13.8. The number of ether oxygens (including phenoxy) is 1. The van der Waals surface area contributed by atoms with Crippen molar-refractivity contribution in [2.24, 2.45) is 0 Å². The van der Waals surface area contributed by atoms with E-state index in [-0.39, 0.29) is 5.91 Å². The van der Waals surface area contributed by atoms with Crippen molar-refractivity contribution in [3.63, 3.8) is 0 Å². The van der Waals surface area contributed by atoms with Crippen molar-refractivity contribution in [3.05, 3.63) is 47.8 Å². The number of pyridine rings is 1. The molecule has 0 bridgehead atoms. The third-order valence-corrected chi connectivity index (χ3v) is 2.76. The molecule has 19 heavy (non-hydrogen) atoms. The van der Waals surface area contributed by atoms with Gasteiger partial charge in [-0.1, -0.05) is 0 Å². The molecule has 1 heterocycles. The Morgan fingerprint density at radius 1 is 1.37 bits per heavy atom. The maximum Gasteiger partial charge on any atom is 0.259 e. The van der Waals surface area contributed by atoms with Crippen LogP contribution in [0.15, 0.2) is 36.7 Å². The second-order valence-corrected chi connectivity index (χ2v) is 4.10. The molecule has 0 radical (unpaired) electrons. The van der Waals surface area contributed by atoms with Crippen molar-refractivity contribution in [2.45, 2.75) is 6.92 Å². The fourth-order valence-electron chi connectivity index (χ4n) is 1.68. The number of hydrogen-bond donors (Lipinski definition) is 2. The zero-order valence-electron chi connectivity index (χ0n) is 10.8. The molecule has 1 amide bonds. The lowest BCUT2D eigenvalue weighted by Crippen LogP contribution is -2.14. The van der Waals surface area contributed by atoms with E-state index in [1.54, 1.807) is 30.6 Å². The van der Waals surface area contributed by atoms with Crippen LogP contribution in [-0.4, -0.2) is 18.0 Å². The summed E-state index contributed by atoms with van der Waals surface area (Å²) < 4.78 is 5.16. The smallest absolute Gasteiger partial charge is 0.259 e. The Labute approximate surface area is 111 Å². The fourth-order valence-corrected chi connectivity index (χ4v) is 1.68. The first-order valence-corrected chi connectivity index (χ1v) is 5.77. The fraction of sp³-hybridized carbons (Fsp3) is 0.143. The number of nitrogens with zero attached hydrogens (tertiary/aromatic N) is 1. The van der Waals surface area contributed by atoms with Gasteiger partial charge in [-0.3, -0.25) is 9.78 Å². The third-order valence-electron chi connectivity index (χ3n) is 2.76. The first-order chi connectivity index (χ1) is 9.11. The highest BCUT2D eigenvalue weighted by molar-refractivity contribution is 6.06. The number of carbonyl (C=O) groups excluding carboxylic acids is 1. The number of nitrogen functional groups attached to an aromatic ring is 1. The summed E-state index contributed by atoms with van der Waals surface area (Å²) in [5, 5.41) is 2.80. The van der Waals surface area contributed by atoms with Gasteiger partial charge >= 0.3 is 0 Å². The highest BCUT2D eigenvalue weighted by Gasteiger charge is 2.13. The molecule has 0 unspecified atom stereocenters. The molecule has 5 heteroatoms. The third kappa shape index (κ3) is 2.82. The molecule has 0 spiro atoms. The maximum absolute atomic E-state index is 12.2. The van der Waals surface area contributed by atoms with Crippen molar-refractivity contribution in [1.82, 2.24) is 4.98 Å². The first-order valence-electron chi connectivity index (χ1n) is 5.77. The molecule has 0 atom stereocenters. The molecular weight excluding hydrogens is 242 g/mol. The van der Waals surface area contributed by atoms with Gasteiger partial charge in [0, 0.05) is 18.0 Å². The Morgan fingerprint density at radius 3 is 2.84 bits per heavy atom. The summed E-state index contributed by atoms with van der Waals surface area (Å²) in [6, 6.07) is 6.74. The number of amides is 1. The number of hydrogen-bond acceptors (Lipinski definition) is 4. The molecule has 0 aliphatic carbocycles. The molecule has 1 aromatic heterocycles. The van der Waals surface area contributed by atoms with Crippen LogP contribution in [0, 0.1) is 6.92 Å². The highest BCUT2D eigenvalue weighted by Crippen LogP contribution is 2.23. The van der Waals surface area contributed by atoms with E-state index in [1.807, 2.05) is 13.0 Å². The molecular formula is C14H15N3O2. The van der Waals surface area contributed by atoms with Crippen LogP contribution in [0.3, 0.4) is 0 Å². The van der Waals surface area contributed by atoms with Crippen LogP contribution in [0.25, 0.3) is 0 Å². The van der Waals surface area contributed by atoms with Gasteiger partial charge in [0.2, 0.25) is 0 Å². The Bertz CT molecular complexity index is 611. The second kappa shape index (κ2) is 5.39. The van der Waals surface area contributed by atoms with Gasteiger partial charge in [-0.2, -0.15) is 0 Å². The van der Waals surface area contributed by atoms with Gasteiger partial charge in [0.25, 0.3) is 5.91 Å². The molecule has 0 fully saturated rings. The molecule has 2 aromatic rings. The number of aromatic nitrogens is 1. The van der Waals surface area contributed by atoms with Gasteiger partial charge in [-0.25, -0.2) is 0 Å². The van der Waals surface area contributed by atoms with Crippen LogP contribution in [0.2, 0.25) is 0 Å². The van der Waals surface area contributed by atoms with Gasteiger partial charge in [-0.15, -0.1) is 0 Å². The van der Waals surface area contributed by atoms with Crippen molar-refractivity contribution < 1.29 is 9.53 Å². The number of benzene rings is 1. The highest BCUT2D eigenvalue weighted by atomic mass is 16.5. The lowest BCUT2D eigenvalue weighted by atomic mass is 10.1. The number of rotatable bonds is 3. The second-order valence-electron chi connectivity index (χ2n) is 4.10. The number of nitrogens with one attached hydrogen (secondary N) is 1. The summed E-state index contributed by atoms with van der Waals surface area (Å²) in [6.45, 7) is 1.90. The van der Waals surface area contributed by atoms with E-state index < -0.39 is 0 Å². The molecule has 2 rings (SSSR count). The van der Waals surface area contributed by atoms with Crippen LogP contribution in [0.4, 0.5) is 11.4 Å². The molecule has 0 aliphatic rings. The zero-order valence-corrected chi connectivity index (χ0v) is 10.8. The molecule has 0 aliphatic heterocycles. The van der Waals surface area contributed by atoms with Gasteiger partial charge in [0.15, 0.2) is 0 Å². The predicted molar refractivity (Wildman–Crippen MR) is 74.3 cm³/mol. The first kappa shape index (κ1) is 12.9. The summed E-state index contributed by atoms with van der Waals surface area (Å²) in [4.78, 5) is 16.2. The number of carbonyl (C=O) groups is 1. The SMILES string of the molecule is COc1cc(N)ccc1C(=O)Nc1cnccc1C. The molecule has 0 saturated heterocycles. The minimum Gasteiger partial charge on any atom is -0.496 e. The number of anilines is 2. The van der Waals surface area contributed by atoms with Crippen LogP contribution in [0.5, 0.6) is 5.75 Å². The van der Waals surface area contributed by atoms with Gasteiger partial charge in [-0.05, 0) is 30.7 Å². The summed E-state index contributed by atoms with van der Waals surface area (Å²) >= 11 is 0. The van der Waals surface area contributed by atoms with E-state index in [2.05, 4.69) is 10.3 Å². The van der Waals surface area contributed by atoms with E-state index >= 15 is 0 Å². The monoisotopic (exact) mass is 257 g/mol.